The standard InChI is InChI=1S/C14H23N5O2/c1-19-9-7-12(18-19)14(21)17-11-4-2-10(3-5-11)16-13(20)6-8-15/h7,9-11H,2-6,8,15H2,1H3,(H,16,20)(H,17,21)/t10-,11-. The van der Waals surface area contributed by atoms with Gasteiger partial charge in [0, 0.05) is 38.3 Å². The van der Waals surface area contributed by atoms with Crippen LogP contribution in [0, 0.1) is 0 Å². The summed E-state index contributed by atoms with van der Waals surface area (Å²) in [6.07, 6.45) is 5.61. The number of nitrogens with one attached hydrogen (secondary N) is 2. The summed E-state index contributed by atoms with van der Waals surface area (Å²) in [5.74, 6) is -0.121. The van der Waals surface area contributed by atoms with E-state index in [-0.39, 0.29) is 23.9 Å². The molecule has 0 aromatic carbocycles. The van der Waals surface area contributed by atoms with Crippen LogP contribution in [-0.2, 0) is 11.8 Å². The highest BCUT2D eigenvalue weighted by molar-refractivity contribution is 5.92. The van der Waals surface area contributed by atoms with Crippen LogP contribution in [0.2, 0.25) is 0 Å². The lowest BCUT2D eigenvalue weighted by Crippen LogP contribution is -2.44. The minimum atomic E-state index is -0.133. The van der Waals surface area contributed by atoms with Gasteiger partial charge in [0.1, 0.15) is 5.69 Å². The average Bonchev–Trinajstić information content (AvgIpc) is 2.88. The first-order valence-electron chi connectivity index (χ1n) is 7.38. The van der Waals surface area contributed by atoms with Gasteiger partial charge in [-0.1, -0.05) is 0 Å². The summed E-state index contributed by atoms with van der Waals surface area (Å²) in [6, 6.07) is 2.06. The van der Waals surface area contributed by atoms with E-state index in [2.05, 4.69) is 15.7 Å². The van der Waals surface area contributed by atoms with Gasteiger partial charge in [0.15, 0.2) is 0 Å². The Balaban J connectivity index is 1.74. The molecule has 0 saturated heterocycles. The Hall–Kier alpha value is -1.89. The predicted molar refractivity (Wildman–Crippen MR) is 78.5 cm³/mol. The molecule has 116 valence electrons. The van der Waals surface area contributed by atoms with E-state index in [4.69, 9.17) is 5.73 Å². The zero-order valence-electron chi connectivity index (χ0n) is 12.3. The lowest BCUT2D eigenvalue weighted by Gasteiger charge is -2.29. The molecule has 0 spiro atoms. The number of nitrogens with two attached hydrogens (primary N) is 1. The summed E-state index contributed by atoms with van der Waals surface area (Å²) >= 11 is 0. The monoisotopic (exact) mass is 293 g/mol. The molecular formula is C14H23N5O2. The predicted octanol–water partition coefficient (Wildman–Crippen LogP) is -0.0739. The molecule has 7 heteroatoms. The SMILES string of the molecule is Cn1ccc(C(=O)N[C@H]2CC[C@H](NC(=O)CCN)CC2)n1. The van der Waals surface area contributed by atoms with Crippen molar-refractivity contribution in [3.63, 3.8) is 0 Å². The molecule has 1 aromatic rings. The van der Waals surface area contributed by atoms with E-state index in [0.29, 0.717) is 18.7 Å². The highest BCUT2D eigenvalue weighted by Crippen LogP contribution is 2.19. The molecule has 4 N–H and O–H groups in total. The van der Waals surface area contributed by atoms with Crippen molar-refractivity contribution < 1.29 is 9.59 Å². The molecule has 21 heavy (non-hydrogen) atoms. The van der Waals surface area contributed by atoms with Crippen molar-refractivity contribution in [2.24, 2.45) is 12.8 Å². The fourth-order valence-electron chi connectivity index (χ4n) is 2.61. The van der Waals surface area contributed by atoms with Gasteiger partial charge in [-0.2, -0.15) is 5.10 Å². The second-order valence-corrected chi connectivity index (χ2v) is 5.50. The van der Waals surface area contributed by atoms with Crippen LogP contribution in [0.4, 0.5) is 0 Å². The molecule has 1 aromatic heterocycles. The zero-order valence-corrected chi connectivity index (χ0v) is 12.3. The van der Waals surface area contributed by atoms with Gasteiger partial charge < -0.3 is 16.4 Å². The quantitative estimate of drug-likeness (QED) is 0.707. The van der Waals surface area contributed by atoms with E-state index in [1.165, 1.54) is 0 Å². The van der Waals surface area contributed by atoms with E-state index in [9.17, 15) is 9.59 Å². The first kappa shape index (κ1) is 15.5. The van der Waals surface area contributed by atoms with Crippen LogP contribution in [0.3, 0.4) is 0 Å². The fraction of sp³-hybridized carbons (Fsp3) is 0.643. The third-order valence-electron chi connectivity index (χ3n) is 3.75. The smallest absolute Gasteiger partial charge is 0.271 e. The van der Waals surface area contributed by atoms with Gasteiger partial charge in [-0.25, -0.2) is 0 Å². The molecule has 1 aliphatic carbocycles. The van der Waals surface area contributed by atoms with Gasteiger partial charge in [0.25, 0.3) is 5.91 Å². The Bertz CT molecular complexity index is 491. The number of carbonyl (C=O) groups is 2. The van der Waals surface area contributed by atoms with Crippen LogP contribution >= 0.6 is 0 Å². The zero-order chi connectivity index (χ0) is 15.2. The maximum absolute atomic E-state index is 12.0. The number of nitrogens with zero attached hydrogens (tertiary/aromatic N) is 2. The number of hydrogen-bond acceptors (Lipinski definition) is 4. The van der Waals surface area contributed by atoms with E-state index >= 15 is 0 Å². The maximum Gasteiger partial charge on any atom is 0.271 e. The minimum Gasteiger partial charge on any atom is -0.353 e. The van der Waals surface area contributed by atoms with Crippen molar-refractivity contribution >= 4 is 11.8 Å². The summed E-state index contributed by atoms with van der Waals surface area (Å²) in [4.78, 5) is 23.5. The van der Waals surface area contributed by atoms with Crippen molar-refractivity contribution in [2.75, 3.05) is 6.54 Å². The number of amides is 2. The van der Waals surface area contributed by atoms with Gasteiger partial charge in [0.05, 0.1) is 0 Å². The molecule has 2 amide bonds. The molecule has 1 heterocycles. The van der Waals surface area contributed by atoms with E-state index in [1.54, 1.807) is 24.0 Å². The Morgan fingerprint density at radius 3 is 2.43 bits per heavy atom. The highest BCUT2D eigenvalue weighted by atomic mass is 16.2. The lowest BCUT2D eigenvalue weighted by atomic mass is 9.91. The maximum atomic E-state index is 12.0. The summed E-state index contributed by atoms with van der Waals surface area (Å²) < 4.78 is 1.61. The van der Waals surface area contributed by atoms with Crippen LogP contribution in [0.1, 0.15) is 42.6 Å². The Morgan fingerprint density at radius 1 is 1.29 bits per heavy atom. The second kappa shape index (κ2) is 7.21. The van der Waals surface area contributed by atoms with Crippen molar-refractivity contribution in [3.05, 3.63) is 18.0 Å². The summed E-state index contributed by atoms with van der Waals surface area (Å²) in [5.41, 5.74) is 5.79. The highest BCUT2D eigenvalue weighted by Gasteiger charge is 2.24. The molecule has 0 unspecified atom stereocenters. The van der Waals surface area contributed by atoms with Crippen LogP contribution in [0.15, 0.2) is 12.3 Å². The Morgan fingerprint density at radius 2 is 1.90 bits per heavy atom. The van der Waals surface area contributed by atoms with Gasteiger partial charge >= 0.3 is 0 Å². The second-order valence-electron chi connectivity index (χ2n) is 5.50. The summed E-state index contributed by atoms with van der Waals surface area (Å²) in [6.45, 7) is 0.376. The van der Waals surface area contributed by atoms with Crippen LogP contribution in [-0.4, -0.2) is 40.2 Å². The Labute approximate surface area is 124 Å². The van der Waals surface area contributed by atoms with Crippen molar-refractivity contribution in [2.45, 2.75) is 44.2 Å². The molecule has 7 nitrogen and oxygen atoms in total. The number of rotatable bonds is 5. The number of carbonyl (C=O) groups excluding carboxylic acids is 2. The third-order valence-corrected chi connectivity index (χ3v) is 3.75. The summed E-state index contributed by atoms with van der Waals surface area (Å²) in [5, 5.41) is 10.1. The van der Waals surface area contributed by atoms with Crippen LogP contribution < -0.4 is 16.4 Å². The van der Waals surface area contributed by atoms with E-state index < -0.39 is 0 Å². The average molecular weight is 293 g/mol. The number of hydrogen-bond donors (Lipinski definition) is 3. The lowest BCUT2D eigenvalue weighted by molar-refractivity contribution is -0.121. The van der Waals surface area contributed by atoms with Crippen molar-refractivity contribution in [1.82, 2.24) is 20.4 Å². The molecule has 0 atom stereocenters. The van der Waals surface area contributed by atoms with Crippen LogP contribution in [0.5, 0.6) is 0 Å². The molecule has 1 fully saturated rings. The number of aryl methyl sites for hydroxylation is 1. The van der Waals surface area contributed by atoms with Crippen molar-refractivity contribution in [1.29, 1.82) is 0 Å². The molecule has 1 saturated carbocycles. The fourth-order valence-corrected chi connectivity index (χ4v) is 2.61. The summed E-state index contributed by atoms with van der Waals surface area (Å²) in [7, 11) is 1.78. The Kier molecular flexibility index (Phi) is 5.32. The van der Waals surface area contributed by atoms with Crippen LogP contribution in [0.25, 0.3) is 0 Å². The largest absolute Gasteiger partial charge is 0.353 e. The number of aromatic nitrogens is 2. The molecule has 2 rings (SSSR count). The first-order chi connectivity index (χ1) is 10.1. The van der Waals surface area contributed by atoms with E-state index in [0.717, 1.165) is 25.7 Å². The third kappa shape index (κ3) is 4.56. The van der Waals surface area contributed by atoms with Gasteiger partial charge in [0.2, 0.25) is 5.91 Å². The molecule has 1 aliphatic rings. The molecule has 0 radical (unpaired) electrons. The topological polar surface area (TPSA) is 102 Å². The normalized spacial score (nSPS) is 21.8. The van der Waals surface area contributed by atoms with Gasteiger partial charge in [-0.15, -0.1) is 0 Å². The molecule has 0 bridgehead atoms. The molecule has 0 aliphatic heterocycles. The molecular weight excluding hydrogens is 270 g/mol. The van der Waals surface area contributed by atoms with E-state index in [1.807, 2.05) is 0 Å². The minimum absolute atomic E-state index is 0.0125. The van der Waals surface area contributed by atoms with Crippen molar-refractivity contribution in [3.8, 4) is 0 Å². The van der Waals surface area contributed by atoms with Gasteiger partial charge in [-0.3, -0.25) is 14.3 Å². The first-order valence-corrected chi connectivity index (χ1v) is 7.38. The van der Waals surface area contributed by atoms with Gasteiger partial charge in [-0.05, 0) is 31.7 Å².